The monoisotopic (exact) mass is 587 g/mol. The van der Waals surface area contributed by atoms with Crippen molar-refractivity contribution in [1.29, 1.82) is 0 Å². The van der Waals surface area contributed by atoms with E-state index in [1.165, 1.54) is 4.90 Å². The van der Waals surface area contributed by atoms with Gasteiger partial charge in [-0.3, -0.25) is 9.59 Å². The fourth-order valence-corrected chi connectivity index (χ4v) is 5.73. The lowest BCUT2D eigenvalue weighted by Crippen LogP contribution is -2.52. The van der Waals surface area contributed by atoms with E-state index >= 15 is 0 Å². The van der Waals surface area contributed by atoms with Gasteiger partial charge in [0.1, 0.15) is 12.1 Å². The van der Waals surface area contributed by atoms with Gasteiger partial charge in [-0.1, -0.05) is 90.0 Å². The van der Waals surface area contributed by atoms with E-state index in [0.29, 0.717) is 18.4 Å². The van der Waals surface area contributed by atoms with E-state index in [-0.39, 0.29) is 12.3 Å². The molecule has 0 bridgehead atoms. The van der Waals surface area contributed by atoms with Crippen LogP contribution < -0.4 is 5.32 Å². The van der Waals surface area contributed by atoms with Crippen LogP contribution >= 0.6 is 0 Å². The third-order valence-corrected chi connectivity index (χ3v) is 8.04. The lowest BCUT2D eigenvalue weighted by molar-refractivity contribution is -0.142. The number of carbonyl (C=O) groups is 3. The molecule has 0 radical (unpaired) electrons. The summed E-state index contributed by atoms with van der Waals surface area (Å²) in [5.41, 5.74) is 7.30. The smallest absolute Gasteiger partial charge is 0.326 e. The van der Waals surface area contributed by atoms with Crippen molar-refractivity contribution >= 4 is 28.7 Å². The number of fused-ring (bicyclic) bond motifs is 1. The molecule has 2 amide bonds. The van der Waals surface area contributed by atoms with Crippen molar-refractivity contribution in [2.75, 3.05) is 7.05 Å². The lowest BCUT2D eigenvalue weighted by Gasteiger charge is -2.29. The van der Waals surface area contributed by atoms with Crippen LogP contribution in [0.1, 0.15) is 39.0 Å². The molecule has 0 fully saturated rings. The Balaban J connectivity index is 1.37. The molecule has 2 atom stereocenters. The number of carbonyl (C=O) groups excluding carboxylic acids is 2. The number of hydrogen-bond acceptors (Lipinski definition) is 3. The van der Waals surface area contributed by atoms with E-state index in [1.54, 1.807) is 25.4 Å². The summed E-state index contributed by atoms with van der Waals surface area (Å²) in [4.78, 5) is 44.4. The summed E-state index contributed by atoms with van der Waals surface area (Å²) in [5, 5.41) is 13.7. The summed E-state index contributed by atoms with van der Waals surface area (Å²) in [5.74, 6) is -1.93. The Kier molecular flexibility index (Phi) is 9.24. The maximum absolute atomic E-state index is 13.8. The molecule has 5 rings (SSSR count). The zero-order valence-electron chi connectivity index (χ0n) is 25.2. The molecule has 7 heteroatoms. The van der Waals surface area contributed by atoms with Gasteiger partial charge in [-0.15, -0.1) is 0 Å². The molecular formula is C37H37N3O4. The molecule has 0 aliphatic carbocycles. The van der Waals surface area contributed by atoms with Gasteiger partial charge in [-0.25, -0.2) is 4.79 Å². The first-order valence-electron chi connectivity index (χ1n) is 14.8. The van der Waals surface area contributed by atoms with Gasteiger partial charge < -0.3 is 20.3 Å². The maximum Gasteiger partial charge on any atom is 0.326 e. The third-order valence-electron chi connectivity index (χ3n) is 8.04. The van der Waals surface area contributed by atoms with Crippen LogP contribution in [0.15, 0.2) is 103 Å². The number of hydrogen-bond donors (Lipinski definition) is 3. The highest BCUT2D eigenvalue weighted by atomic mass is 16.4. The Morgan fingerprint density at radius 3 is 2.16 bits per heavy atom. The van der Waals surface area contributed by atoms with Gasteiger partial charge in [0.25, 0.3) is 5.91 Å². The minimum atomic E-state index is -1.17. The number of aromatic amines is 1. The minimum Gasteiger partial charge on any atom is -0.480 e. The van der Waals surface area contributed by atoms with Crippen LogP contribution in [0.3, 0.4) is 0 Å². The number of nitrogens with zero attached hydrogens (tertiary/aromatic N) is 1. The zero-order chi connectivity index (χ0) is 31.2. The summed E-state index contributed by atoms with van der Waals surface area (Å²) in [6, 6.07) is 29.4. The van der Waals surface area contributed by atoms with E-state index in [1.807, 2.05) is 86.6 Å². The summed E-state index contributed by atoms with van der Waals surface area (Å²) in [7, 11) is 1.61. The van der Waals surface area contributed by atoms with E-state index < -0.39 is 24.0 Å². The van der Waals surface area contributed by atoms with Crippen LogP contribution in [-0.2, 0) is 22.4 Å². The molecule has 0 saturated carbocycles. The number of aliphatic carboxylic acids is 1. The number of rotatable bonds is 11. The second-order valence-electron chi connectivity index (χ2n) is 11.4. The number of nitrogens with one attached hydrogen (secondary N) is 2. The molecule has 1 heterocycles. The number of para-hydroxylation sites is 1. The Morgan fingerprint density at radius 1 is 0.841 bits per heavy atom. The first-order valence-corrected chi connectivity index (χ1v) is 14.8. The highest BCUT2D eigenvalue weighted by Crippen LogP contribution is 2.22. The largest absolute Gasteiger partial charge is 0.480 e. The third kappa shape index (κ3) is 7.06. The van der Waals surface area contributed by atoms with Crippen LogP contribution in [0.25, 0.3) is 22.0 Å². The van der Waals surface area contributed by atoms with Gasteiger partial charge >= 0.3 is 5.97 Å². The highest BCUT2D eigenvalue weighted by molar-refractivity contribution is 5.98. The predicted molar refractivity (Wildman–Crippen MR) is 174 cm³/mol. The Labute approximate surface area is 257 Å². The van der Waals surface area contributed by atoms with Gasteiger partial charge in [0, 0.05) is 36.1 Å². The molecule has 0 unspecified atom stereocenters. The summed E-state index contributed by atoms with van der Waals surface area (Å²) in [6.07, 6.45) is 2.73. The molecule has 0 saturated heterocycles. The van der Waals surface area contributed by atoms with Gasteiger partial charge in [-0.2, -0.15) is 0 Å². The van der Waals surface area contributed by atoms with Gasteiger partial charge in [0.15, 0.2) is 0 Å². The van der Waals surface area contributed by atoms with Crippen molar-refractivity contribution in [3.8, 4) is 11.1 Å². The van der Waals surface area contributed by atoms with Crippen LogP contribution in [0.4, 0.5) is 0 Å². The maximum atomic E-state index is 13.8. The average Bonchev–Trinajstić information content (AvgIpc) is 3.43. The van der Waals surface area contributed by atoms with Gasteiger partial charge in [-0.05, 0) is 67.1 Å². The predicted octanol–water partition coefficient (Wildman–Crippen LogP) is 6.34. The number of amides is 2. The van der Waals surface area contributed by atoms with Crippen LogP contribution in [0, 0.1) is 13.8 Å². The van der Waals surface area contributed by atoms with Crippen molar-refractivity contribution in [2.45, 2.75) is 45.2 Å². The molecule has 1 aromatic heterocycles. The molecule has 3 N–H and O–H groups in total. The number of benzene rings is 4. The van der Waals surface area contributed by atoms with Gasteiger partial charge in [0.05, 0.1) is 0 Å². The molecule has 5 aromatic rings. The summed E-state index contributed by atoms with van der Waals surface area (Å²) in [6.45, 7) is 3.85. The lowest BCUT2D eigenvalue weighted by atomic mass is 9.98. The first kappa shape index (κ1) is 30.3. The van der Waals surface area contributed by atoms with Gasteiger partial charge in [0.2, 0.25) is 5.91 Å². The topological polar surface area (TPSA) is 103 Å². The fourth-order valence-electron chi connectivity index (χ4n) is 5.73. The van der Waals surface area contributed by atoms with Crippen LogP contribution in [0.5, 0.6) is 0 Å². The number of carboxylic acid groups (broad SMARTS) is 1. The Morgan fingerprint density at radius 2 is 1.48 bits per heavy atom. The Hall–Kier alpha value is -5.17. The summed E-state index contributed by atoms with van der Waals surface area (Å²) < 4.78 is 0. The second kappa shape index (κ2) is 13.4. The molecule has 0 aliphatic rings. The number of aromatic nitrogens is 1. The minimum absolute atomic E-state index is 0.105. The SMILES string of the molecule is Cc1cc(C)cc(C(=O)N(C)[C@H](CCc2ccc(-c3ccccc3)cc2)C(=O)N[C@@H](Cc2c[nH]c3ccccc23)C(=O)O)c1. The van der Waals surface area contributed by atoms with Crippen LogP contribution in [-0.4, -0.2) is 51.9 Å². The quantitative estimate of drug-likeness (QED) is 0.168. The normalized spacial score (nSPS) is 12.4. The molecule has 44 heavy (non-hydrogen) atoms. The average molecular weight is 588 g/mol. The molecule has 224 valence electrons. The molecule has 0 spiro atoms. The molecular weight excluding hydrogens is 550 g/mol. The second-order valence-corrected chi connectivity index (χ2v) is 11.4. The summed E-state index contributed by atoms with van der Waals surface area (Å²) >= 11 is 0. The zero-order valence-corrected chi connectivity index (χ0v) is 25.2. The van der Waals surface area contributed by atoms with E-state index in [0.717, 1.165) is 44.3 Å². The molecule has 7 nitrogen and oxygen atoms in total. The first-order chi connectivity index (χ1) is 21.2. The van der Waals surface area contributed by atoms with Crippen molar-refractivity contribution < 1.29 is 19.5 Å². The molecule has 0 aliphatic heterocycles. The number of H-pyrrole nitrogens is 1. The Bertz CT molecular complexity index is 1760. The number of aryl methyl sites for hydroxylation is 3. The fraction of sp³-hybridized carbons (Fsp3) is 0.216. The van der Waals surface area contributed by atoms with Crippen LogP contribution in [0.2, 0.25) is 0 Å². The number of carboxylic acids is 1. The highest BCUT2D eigenvalue weighted by Gasteiger charge is 2.31. The number of likely N-dealkylation sites (N-methyl/N-ethyl adjacent to an activating group) is 1. The van der Waals surface area contributed by atoms with E-state index in [9.17, 15) is 19.5 Å². The standard InChI is InChI=1S/C37H37N3O4/c1-24-19-25(2)21-29(20-24)36(42)40(3)34(18-15-26-13-16-28(17-14-26)27-9-5-4-6-10-27)35(41)39-33(37(43)44)22-30-23-38-32-12-8-7-11-31(30)32/h4-14,16-17,19-21,23,33-34,38H,15,18,22H2,1-3H3,(H,39,41)(H,43,44)/t33-,34+/m0/s1. The van der Waals surface area contributed by atoms with Crippen molar-refractivity contribution in [1.82, 2.24) is 15.2 Å². The molecule has 4 aromatic carbocycles. The van der Waals surface area contributed by atoms with E-state index in [2.05, 4.69) is 22.4 Å². The van der Waals surface area contributed by atoms with Crippen molar-refractivity contribution in [3.05, 3.63) is 131 Å². The van der Waals surface area contributed by atoms with E-state index in [4.69, 9.17) is 0 Å². The van der Waals surface area contributed by atoms with Crippen molar-refractivity contribution in [2.24, 2.45) is 0 Å². The van der Waals surface area contributed by atoms with Crippen molar-refractivity contribution in [3.63, 3.8) is 0 Å².